The number of ether oxygens (including phenoxy) is 1. The van der Waals surface area contributed by atoms with E-state index in [1.54, 1.807) is 24.7 Å². The summed E-state index contributed by atoms with van der Waals surface area (Å²) in [5.74, 6) is 0.367. The van der Waals surface area contributed by atoms with Crippen LogP contribution < -0.4 is 0 Å². The maximum atomic E-state index is 10.9. The van der Waals surface area contributed by atoms with Crippen LogP contribution in [0, 0.1) is 12.8 Å². The Labute approximate surface area is 215 Å². The Kier molecular flexibility index (Phi) is 5.81. The summed E-state index contributed by atoms with van der Waals surface area (Å²) in [7, 11) is 1.89. The molecule has 0 radical (unpaired) electrons. The van der Waals surface area contributed by atoms with Gasteiger partial charge in [0.05, 0.1) is 34.1 Å². The molecule has 1 N–H and O–H groups in total. The minimum absolute atomic E-state index is 0.0393. The molecular weight excluding hydrogens is 464 g/mol. The molecule has 4 aromatic heterocycles. The number of aliphatic hydroxyl groups is 1. The van der Waals surface area contributed by atoms with Gasteiger partial charge in [-0.05, 0) is 63.3 Å². The first kappa shape index (κ1) is 23.8. The SMILES string of the molecule is Cc1nnn(C)c1-c1ccc2c3ncc(C(C)(C)O)cc3n([C@@H](c3ccccc3)C3CCOCC3)c2n1. The third-order valence-corrected chi connectivity index (χ3v) is 7.56. The van der Waals surface area contributed by atoms with E-state index < -0.39 is 5.60 Å². The first-order valence-electron chi connectivity index (χ1n) is 12.9. The smallest absolute Gasteiger partial charge is 0.143 e. The van der Waals surface area contributed by atoms with Crippen LogP contribution in [-0.2, 0) is 17.4 Å². The van der Waals surface area contributed by atoms with Crippen LogP contribution in [0.5, 0.6) is 0 Å². The van der Waals surface area contributed by atoms with E-state index >= 15 is 0 Å². The molecule has 1 fully saturated rings. The zero-order valence-corrected chi connectivity index (χ0v) is 21.7. The second kappa shape index (κ2) is 9.04. The Morgan fingerprint density at radius 3 is 2.51 bits per heavy atom. The molecule has 1 aromatic carbocycles. The van der Waals surface area contributed by atoms with Crippen molar-refractivity contribution in [2.24, 2.45) is 13.0 Å². The highest BCUT2D eigenvalue weighted by atomic mass is 16.5. The molecule has 0 amide bonds. The molecule has 1 aliphatic rings. The van der Waals surface area contributed by atoms with Crippen LogP contribution in [0.4, 0.5) is 0 Å². The van der Waals surface area contributed by atoms with Crippen molar-refractivity contribution in [2.45, 2.75) is 45.3 Å². The van der Waals surface area contributed by atoms with Crippen LogP contribution in [0.3, 0.4) is 0 Å². The van der Waals surface area contributed by atoms with Crippen LogP contribution in [-0.4, -0.2) is 47.8 Å². The lowest BCUT2D eigenvalue weighted by Crippen LogP contribution is -2.27. The minimum atomic E-state index is -1.01. The quantitative estimate of drug-likeness (QED) is 0.371. The number of hydrogen-bond donors (Lipinski definition) is 1. The topological polar surface area (TPSA) is 90.9 Å². The molecule has 8 heteroatoms. The van der Waals surface area contributed by atoms with Gasteiger partial charge in [0.2, 0.25) is 0 Å². The first-order chi connectivity index (χ1) is 17.8. The number of rotatable bonds is 5. The predicted molar refractivity (Wildman–Crippen MR) is 143 cm³/mol. The Hall–Kier alpha value is -3.62. The summed E-state index contributed by atoms with van der Waals surface area (Å²) in [6.07, 6.45) is 3.70. The van der Waals surface area contributed by atoms with E-state index in [1.807, 2.05) is 20.0 Å². The fourth-order valence-electron chi connectivity index (χ4n) is 5.65. The lowest BCUT2D eigenvalue weighted by atomic mass is 9.86. The summed E-state index contributed by atoms with van der Waals surface area (Å²) < 4.78 is 9.87. The van der Waals surface area contributed by atoms with E-state index in [4.69, 9.17) is 14.7 Å². The Morgan fingerprint density at radius 1 is 1.08 bits per heavy atom. The highest BCUT2D eigenvalue weighted by molar-refractivity contribution is 6.05. The van der Waals surface area contributed by atoms with Gasteiger partial charge < -0.3 is 14.4 Å². The van der Waals surface area contributed by atoms with E-state index in [0.717, 1.165) is 70.8 Å². The van der Waals surface area contributed by atoms with Crippen molar-refractivity contribution in [1.29, 1.82) is 0 Å². The maximum absolute atomic E-state index is 10.9. The highest BCUT2D eigenvalue weighted by Gasteiger charge is 2.31. The van der Waals surface area contributed by atoms with Gasteiger partial charge in [0, 0.05) is 37.4 Å². The van der Waals surface area contributed by atoms with Crippen molar-refractivity contribution in [1.82, 2.24) is 29.5 Å². The number of benzene rings is 1. The number of fused-ring (bicyclic) bond motifs is 3. The average molecular weight is 497 g/mol. The van der Waals surface area contributed by atoms with Crippen molar-refractivity contribution < 1.29 is 9.84 Å². The van der Waals surface area contributed by atoms with Crippen LogP contribution in [0.15, 0.2) is 54.7 Å². The summed E-state index contributed by atoms with van der Waals surface area (Å²) in [4.78, 5) is 10.1. The Balaban J connectivity index is 1.69. The molecule has 5 aromatic rings. The molecular formula is C29H32N6O2. The van der Waals surface area contributed by atoms with Gasteiger partial charge in [0.1, 0.15) is 11.3 Å². The molecule has 8 nitrogen and oxygen atoms in total. The van der Waals surface area contributed by atoms with Gasteiger partial charge >= 0.3 is 0 Å². The number of hydrogen-bond acceptors (Lipinski definition) is 6. The molecule has 0 unspecified atom stereocenters. The lowest BCUT2D eigenvalue weighted by molar-refractivity contribution is 0.0552. The largest absolute Gasteiger partial charge is 0.386 e. The van der Waals surface area contributed by atoms with Crippen LogP contribution in [0.25, 0.3) is 33.5 Å². The van der Waals surface area contributed by atoms with Crippen LogP contribution in [0.2, 0.25) is 0 Å². The molecule has 6 rings (SSSR count). The number of aryl methyl sites for hydroxylation is 2. The van der Waals surface area contributed by atoms with E-state index in [0.29, 0.717) is 5.92 Å². The van der Waals surface area contributed by atoms with Gasteiger partial charge in [0.25, 0.3) is 0 Å². The normalized spacial score (nSPS) is 16.0. The second-order valence-corrected chi connectivity index (χ2v) is 10.5. The first-order valence-corrected chi connectivity index (χ1v) is 12.9. The molecule has 5 heterocycles. The van der Waals surface area contributed by atoms with Gasteiger partial charge in [-0.1, -0.05) is 35.5 Å². The number of pyridine rings is 2. The standard InChI is InChI=1S/C29H32N6O2/c1-18-26(34(4)33-32-18)23-11-10-22-25-24(16-21(17-30-25)29(2,3)36)35(28(22)31-23)27(19-8-6-5-7-9-19)20-12-14-37-15-13-20/h5-11,16-17,20,27,36H,12-15H2,1-4H3/t27-/m0/s1. The lowest BCUT2D eigenvalue weighted by Gasteiger charge is -2.33. The zero-order chi connectivity index (χ0) is 25.7. The molecule has 0 bridgehead atoms. The summed E-state index contributed by atoms with van der Waals surface area (Å²) >= 11 is 0. The predicted octanol–water partition coefficient (Wildman–Crippen LogP) is 4.93. The molecule has 1 saturated heterocycles. The summed E-state index contributed by atoms with van der Waals surface area (Å²) in [6.45, 7) is 7.04. The molecule has 1 atom stereocenters. The van der Waals surface area contributed by atoms with Crippen molar-refractivity contribution >= 4 is 22.1 Å². The summed E-state index contributed by atoms with van der Waals surface area (Å²) in [5.41, 5.74) is 6.27. The fourth-order valence-corrected chi connectivity index (χ4v) is 5.65. The molecule has 0 spiro atoms. The van der Waals surface area contributed by atoms with Crippen molar-refractivity contribution in [3.05, 3.63) is 71.5 Å². The summed E-state index contributed by atoms with van der Waals surface area (Å²) in [5, 5.41) is 20.3. The molecule has 37 heavy (non-hydrogen) atoms. The molecule has 0 saturated carbocycles. The summed E-state index contributed by atoms with van der Waals surface area (Å²) in [6, 6.07) is 16.9. The highest BCUT2D eigenvalue weighted by Crippen LogP contribution is 2.41. The van der Waals surface area contributed by atoms with Gasteiger partial charge in [-0.2, -0.15) is 0 Å². The van der Waals surface area contributed by atoms with E-state index in [1.165, 1.54) is 5.56 Å². The van der Waals surface area contributed by atoms with Crippen molar-refractivity contribution in [2.75, 3.05) is 13.2 Å². The van der Waals surface area contributed by atoms with Gasteiger partial charge in [-0.3, -0.25) is 4.98 Å². The maximum Gasteiger partial charge on any atom is 0.143 e. The van der Waals surface area contributed by atoms with Crippen LogP contribution >= 0.6 is 0 Å². The van der Waals surface area contributed by atoms with Crippen molar-refractivity contribution in [3.63, 3.8) is 0 Å². The van der Waals surface area contributed by atoms with Crippen molar-refractivity contribution in [3.8, 4) is 11.4 Å². The average Bonchev–Trinajstić information content (AvgIpc) is 3.40. The monoisotopic (exact) mass is 496 g/mol. The van der Waals surface area contributed by atoms with E-state index in [9.17, 15) is 5.11 Å². The van der Waals surface area contributed by atoms with Gasteiger partial charge in [-0.25, -0.2) is 9.67 Å². The van der Waals surface area contributed by atoms with E-state index in [-0.39, 0.29) is 6.04 Å². The second-order valence-electron chi connectivity index (χ2n) is 10.5. The third-order valence-electron chi connectivity index (χ3n) is 7.56. The molecule has 0 aliphatic carbocycles. The van der Waals surface area contributed by atoms with Gasteiger partial charge in [-0.15, -0.1) is 5.10 Å². The third kappa shape index (κ3) is 4.10. The van der Waals surface area contributed by atoms with Gasteiger partial charge in [0.15, 0.2) is 0 Å². The molecule has 1 aliphatic heterocycles. The number of aromatic nitrogens is 6. The van der Waals surface area contributed by atoms with Crippen LogP contribution in [0.1, 0.15) is 49.6 Å². The number of nitrogens with zero attached hydrogens (tertiary/aromatic N) is 6. The molecule has 190 valence electrons. The minimum Gasteiger partial charge on any atom is -0.386 e. The zero-order valence-electron chi connectivity index (χ0n) is 21.7. The van der Waals surface area contributed by atoms with E-state index in [2.05, 4.69) is 57.3 Å². The fraction of sp³-hybridized carbons (Fsp3) is 0.379. The Bertz CT molecular complexity index is 1560. The Morgan fingerprint density at radius 2 is 1.84 bits per heavy atom.